The van der Waals surface area contributed by atoms with Gasteiger partial charge in [-0.25, -0.2) is 0 Å². The van der Waals surface area contributed by atoms with E-state index < -0.39 is 11.9 Å². The summed E-state index contributed by atoms with van der Waals surface area (Å²) in [6.45, 7) is 4.27. The summed E-state index contributed by atoms with van der Waals surface area (Å²) < 4.78 is 5.32. The second kappa shape index (κ2) is 8.28. The van der Waals surface area contributed by atoms with E-state index in [0.29, 0.717) is 18.6 Å². The molecule has 2 aromatic rings. The average Bonchev–Trinajstić information content (AvgIpc) is 2.58. The summed E-state index contributed by atoms with van der Waals surface area (Å²) in [6.07, 6.45) is 0.353. The van der Waals surface area contributed by atoms with Crippen molar-refractivity contribution in [3.63, 3.8) is 0 Å². The number of Topliss-reactive ketones (excluding diaryl/α,β-unsaturated/α-hetero) is 1. The molecule has 0 bridgehead atoms. The number of ketones is 1. The zero-order valence-corrected chi connectivity index (χ0v) is 13.6. The number of hydrogen-bond acceptors (Lipinski definition) is 3. The van der Waals surface area contributed by atoms with Gasteiger partial charge in [0.1, 0.15) is 5.92 Å². The summed E-state index contributed by atoms with van der Waals surface area (Å²) in [5, 5.41) is 0. The number of rotatable bonds is 7. The molecule has 23 heavy (non-hydrogen) atoms. The lowest BCUT2D eigenvalue weighted by atomic mass is 9.91. The van der Waals surface area contributed by atoms with E-state index in [-0.39, 0.29) is 11.7 Å². The lowest BCUT2D eigenvalue weighted by molar-refractivity contribution is -0.147. The fraction of sp³-hybridized carbons (Fsp3) is 0.300. The highest BCUT2D eigenvalue weighted by Gasteiger charge is 2.29. The molecule has 0 saturated carbocycles. The minimum absolute atomic E-state index is 0.191. The van der Waals surface area contributed by atoms with E-state index in [1.54, 1.807) is 24.3 Å². The van der Waals surface area contributed by atoms with Crippen LogP contribution in [0.4, 0.5) is 0 Å². The van der Waals surface area contributed by atoms with Gasteiger partial charge in [0.25, 0.3) is 0 Å². The van der Waals surface area contributed by atoms with Gasteiger partial charge < -0.3 is 4.74 Å². The van der Waals surface area contributed by atoms with Crippen LogP contribution >= 0.6 is 0 Å². The molecule has 3 nitrogen and oxygen atoms in total. The van der Waals surface area contributed by atoms with Crippen molar-refractivity contribution in [3.8, 4) is 0 Å². The van der Waals surface area contributed by atoms with Gasteiger partial charge in [0.05, 0.1) is 6.61 Å². The van der Waals surface area contributed by atoms with E-state index in [2.05, 4.69) is 0 Å². The molecule has 0 radical (unpaired) electrons. The number of ether oxygens (including phenoxy) is 1. The van der Waals surface area contributed by atoms with Crippen LogP contribution in [0, 0.1) is 11.8 Å². The van der Waals surface area contributed by atoms with Crippen molar-refractivity contribution in [1.82, 2.24) is 0 Å². The standard InChI is InChI=1S/C20H22O3/c1-15(2)14-23-20(22)18(13-16-9-5-3-6-10-16)19(21)17-11-7-4-8-12-17/h3-12,15,18H,13-14H2,1-2H3. The average molecular weight is 310 g/mol. The number of carbonyl (C=O) groups is 2. The second-order valence-electron chi connectivity index (χ2n) is 6.00. The zero-order valence-electron chi connectivity index (χ0n) is 13.6. The third kappa shape index (κ3) is 5.06. The van der Waals surface area contributed by atoms with Crippen LogP contribution in [-0.2, 0) is 16.0 Å². The van der Waals surface area contributed by atoms with Gasteiger partial charge in [-0.05, 0) is 17.9 Å². The summed E-state index contributed by atoms with van der Waals surface area (Å²) in [7, 11) is 0. The Morgan fingerprint density at radius 2 is 1.48 bits per heavy atom. The van der Waals surface area contributed by atoms with E-state index >= 15 is 0 Å². The first-order valence-corrected chi connectivity index (χ1v) is 7.87. The van der Waals surface area contributed by atoms with Crippen molar-refractivity contribution in [2.45, 2.75) is 20.3 Å². The Morgan fingerprint density at radius 3 is 2.04 bits per heavy atom. The Morgan fingerprint density at radius 1 is 0.913 bits per heavy atom. The summed E-state index contributed by atoms with van der Waals surface area (Å²) in [6, 6.07) is 18.5. The lowest BCUT2D eigenvalue weighted by Gasteiger charge is -2.16. The van der Waals surface area contributed by atoms with Crippen molar-refractivity contribution in [2.75, 3.05) is 6.61 Å². The van der Waals surface area contributed by atoms with Gasteiger partial charge in [-0.3, -0.25) is 9.59 Å². The third-order valence-electron chi connectivity index (χ3n) is 3.50. The van der Waals surface area contributed by atoms with Crippen LogP contribution in [0.1, 0.15) is 29.8 Å². The number of benzene rings is 2. The van der Waals surface area contributed by atoms with Crippen molar-refractivity contribution in [2.24, 2.45) is 11.8 Å². The van der Waals surface area contributed by atoms with Gasteiger partial charge in [0, 0.05) is 5.56 Å². The van der Waals surface area contributed by atoms with Gasteiger partial charge in [-0.15, -0.1) is 0 Å². The predicted molar refractivity (Wildman–Crippen MR) is 90.2 cm³/mol. The molecule has 120 valence electrons. The highest BCUT2D eigenvalue weighted by molar-refractivity contribution is 6.08. The molecule has 0 aliphatic heterocycles. The SMILES string of the molecule is CC(C)COC(=O)C(Cc1ccccc1)C(=O)c1ccccc1. The first-order chi connectivity index (χ1) is 11.1. The molecule has 2 rings (SSSR count). The van der Waals surface area contributed by atoms with Crippen molar-refractivity contribution in [1.29, 1.82) is 0 Å². The molecule has 0 N–H and O–H groups in total. The first kappa shape index (κ1) is 16.9. The Kier molecular flexibility index (Phi) is 6.10. The summed E-state index contributed by atoms with van der Waals surface area (Å²) in [5.41, 5.74) is 1.48. The smallest absolute Gasteiger partial charge is 0.317 e. The van der Waals surface area contributed by atoms with Crippen LogP contribution < -0.4 is 0 Å². The van der Waals surface area contributed by atoms with E-state index in [9.17, 15) is 9.59 Å². The van der Waals surface area contributed by atoms with E-state index in [1.165, 1.54) is 0 Å². The van der Waals surface area contributed by atoms with Crippen molar-refractivity contribution >= 4 is 11.8 Å². The highest BCUT2D eigenvalue weighted by Crippen LogP contribution is 2.17. The monoisotopic (exact) mass is 310 g/mol. The number of carbonyl (C=O) groups excluding carboxylic acids is 2. The molecule has 2 aromatic carbocycles. The molecule has 0 amide bonds. The maximum atomic E-state index is 12.7. The number of hydrogen-bond donors (Lipinski definition) is 0. The molecule has 0 heterocycles. The molecule has 1 atom stereocenters. The van der Waals surface area contributed by atoms with Crippen LogP contribution in [0.15, 0.2) is 60.7 Å². The van der Waals surface area contributed by atoms with Crippen LogP contribution in [0.5, 0.6) is 0 Å². The molecule has 0 aliphatic carbocycles. The first-order valence-electron chi connectivity index (χ1n) is 7.87. The summed E-state index contributed by atoms with van der Waals surface area (Å²) in [5.74, 6) is -1.21. The minimum atomic E-state index is -0.807. The van der Waals surface area contributed by atoms with Gasteiger partial charge in [0.2, 0.25) is 0 Å². The lowest BCUT2D eigenvalue weighted by Crippen LogP contribution is -2.29. The topological polar surface area (TPSA) is 43.4 Å². The largest absolute Gasteiger partial charge is 0.465 e. The van der Waals surface area contributed by atoms with Gasteiger partial charge in [0.15, 0.2) is 5.78 Å². The normalized spacial score (nSPS) is 12.0. The van der Waals surface area contributed by atoms with E-state index in [0.717, 1.165) is 5.56 Å². The Balaban J connectivity index is 2.20. The molecule has 0 aliphatic rings. The third-order valence-corrected chi connectivity index (χ3v) is 3.50. The van der Waals surface area contributed by atoms with E-state index in [1.807, 2.05) is 50.2 Å². The van der Waals surface area contributed by atoms with Crippen LogP contribution in [0.2, 0.25) is 0 Å². The summed E-state index contributed by atoms with van der Waals surface area (Å²) in [4.78, 5) is 25.2. The quantitative estimate of drug-likeness (QED) is 0.442. The maximum Gasteiger partial charge on any atom is 0.317 e. The highest BCUT2D eigenvalue weighted by atomic mass is 16.5. The van der Waals surface area contributed by atoms with Crippen molar-refractivity contribution in [3.05, 3.63) is 71.8 Å². The molecule has 3 heteroatoms. The Bertz CT molecular complexity index is 632. The van der Waals surface area contributed by atoms with E-state index in [4.69, 9.17) is 4.74 Å². The zero-order chi connectivity index (χ0) is 16.7. The van der Waals surface area contributed by atoms with Crippen molar-refractivity contribution < 1.29 is 14.3 Å². The fourth-order valence-corrected chi connectivity index (χ4v) is 2.29. The van der Waals surface area contributed by atoms with Crippen LogP contribution in [-0.4, -0.2) is 18.4 Å². The number of esters is 1. The Labute approximate surface area is 137 Å². The van der Waals surface area contributed by atoms with Crippen LogP contribution in [0.3, 0.4) is 0 Å². The molecule has 1 unspecified atom stereocenters. The Hall–Kier alpha value is -2.42. The molecule has 0 spiro atoms. The van der Waals surface area contributed by atoms with Crippen LogP contribution in [0.25, 0.3) is 0 Å². The molecular formula is C20H22O3. The molecule has 0 fully saturated rings. The van der Waals surface area contributed by atoms with Gasteiger partial charge >= 0.3 is 5.97 Å². The molecular weight excluding hydrogens is 288 g/mol. The predicted octanol–water partition coefficient (Wildman–Crippen LogP) is 3.93. The van der Waals surface area contributed by atoms with Gasteiger partial charge in [-0.1, -0.05) is 74.5 Å². The molecule has 0 saturated heterocycles. The maximum absolute atomic E-state index is 12.7. The fourth-order valence-electron chi connectivity index (χ4n) is 2.29. The van der Waals surface area contributed by atoms with Gasteiger partial charge in [-0.2, -0.15) is 0 Å². The molecule has 0 aromatic heterocycles. The summed E-state index contributed by atoms with van der Waals surface area (Å²) >= 11 is 0. The minimum Gasteiger partial charge on any atom is -0.465 e. The second-order valence-corrected chi connectivity index (χ2v) is 6.00.